The Morgan fingerprint density at radius 2 is 1.79 bits per heavy atom. The summed E-state index contributed by atoms with van der Waals surface area (Å²) in [7, 11) is 0. The first kappa shape index (κ1) is 22.9. The van der Waals surface area contributed by atoms with E-state index in [1.165, 1.54) is 5.56 Å². The molecule has 2 amide bonds. The van der Waals surface area contributed by atoms with Gasteiger partial charge in [0.2, 0.25) is 5.91 Å². The number of likely N-dealkylation sites (tertiary alicyclic amines) is 2. The van der Waals surface area contributed by atoms with E-state index in [9.17, 15) is 9.59 Å². The van der Waals surface area contributed by atoms with Crippen LogP contribution in [0.2, 0.25) is 0 Å². The van der Waals surface area contributed by atoms with E-state index in [0.717, 1.165) is 89.2 Å². The molecule has 0 N–H and O–H groups in total. The van der Waals surface area contributed by atoms with Crippen LogP contribution in [-0.2, 0) is 9.53 Å². The van der Waals surface area contributed by atoms with E-state index in [4.69, 9.17) is 4.74 Å². The van der Waals surface area contributed by atoms with E-state index in [2.05, 4.69) is 35.8 Å². The molecule has 4 aliphatic rings. The van der Waals surface area contributed by atoms with E-state index < -0.39 is 0 Å². The third kappa shape index (κ3) is 4.44. The molecule has 2 unspecified atom stereocenters. The van der Waals surface area contributed by atoms with Crippen LogP contribution in [0.1, 0.15) is 80.6 Å². The predicted octanol–water partition coefficient (Wildman–Crippen LogP) is 4.04. The average Bonchev–Trinajstić information content (AvgIpc) is 3.18. The van der Waals surface area contributed by atoms with Crippen LogP contribution in [-0.4, -0.2) is 73.1 Å². The Balaban J connectivity index is 1.42. The van der Waals surface area contributed by atoms with Gasteiger partial charge in [0.25, 0.3) is 5.91 Å². The summed E-state index contributed by atoms with van der Waals surface area (Å²) in [6.07, 6.45) is 6.80. The maximum Gasteiger partial charge on any atom is 0.253 e. The number of benzene rings is 1. The number of carbonyl (C=O) groups excluding carboxylic acids is 2. The fraction of sp³-hybridized carbons (Fsp3) is 0.704. The molecule has 33 heavy (non-hydrogen) atoms. The molecule has 5 rings (SSSR count). The van der Waals surface area contributed by atoms with Crippen LogP contribution in [0.4, 0.5) is 5.69 Å². The number of carbonyl (C=O) groups is 2. The van der Waals surface area contributed by atoms with Gasteiger partial charge in [-0.15, -0.1) is 0 Å². The highest BCUT2D eigenvalue weighted by atomic mass is 16.5. The molecule has 6 nitrogen and oxygen atoms in total. The average molecular weight is 454 g/mol. The smallest absolute Gasteiger partial charge is 0.253 e. The number of anilines is 1. The van der Waals surface area contributed by atoms with Crippen molar-refractivity contribution in [1.82, 2.24) is 9.80 Å². The summed E-state index contributed by atoms with van der Waals surface area (Å²) in [5, 5.41) is 0. The van der Waals surface area contributed by atoms with Crippen LogP contribution < -0.4 is 4.90 Å². The van der Waals surface area contributed by atoms with Gasteiger partial charge in [-0.05, 0) is 68.2 Å². The van der Waals surface area contributed by atoms with Crippen molar-refractivity contribution in [3.8, 4) is 0 Å². The number of amides is 2. The number of ether oxygens (including phenoxy) is 1. The van der Waals surface area contributed by atoms with Crippen LogP contribution in [0.3, 0.4) is 0 Å². The largest absolute Gasteiger partial charge is 0.381 e. The Bertz CT molecular complexity index is 873. The van der Waals surface area contributed by atoms with Gasteiger partial charge in [-0.3, -0.25) is 14.5 Å². The van der Waals surface area contributed by atoms with Gasteiger partial charge in [0, 0.05) is 75.1 Å². The number of fused-ring (bicyclic) bond motifs is 3. The molecular weight excluding hydrogens is 414 g/mol. The van der Waals surface area contributed by atoms with Gasteiger partial charge in [-0.25, -0.2) is 0 Å². The molecule has 180 valence electrons. The molecule has 3 fully saturated rings. The summed E-state index contributed by atoms with van der Waals surface area (Å²) >= 11 is 0. The third-order valence-electron chi connectivity index (χ3n) is 8.38. The third-order valence-corrected chi connectivity index (χ3v) is 8.38. The molecule has 0 bridgehead atoms. The van der Waals surface area contributed by atoms with Crippen LogP contribution >= 0.6 is 0 Å². The summed E-state index contributed by atoms with van der Waals surface area (Å²) in [4.78, 5) is 33.2. The van der Waals surface area contributed by atoms with E-state index >= 15 is 0 Å². The van der Waals surface area contributed by atoms with Crippen molar-refractivity contribution in [3.63, 3.8) is 0 Å². The van der Waals surface area contributed by atoms with Gasteiger partial charge >= 0.3 is 0 Å². The van der Waals surface area contributed by atoms with Gasteiger partial charge in [-0.1, -0.05) is 13.8 Å². The zero-order chi connectivity index (χ0) is 22.9. The first-order valence-corrected chi connectivity index (χ1v) is 13.1. The van der Waals surface area contributed by atoms with Crippen LogP contribution in [0.15, 0.2) is 18.2 Å². The number of piperidine rings is 2. The van der Waals surface area contributed by atoms with Gasteiger partial charge in [-0.2, -0.15) is 0 Å². The fourth-order valence-electron chi connectivity index (χ4n) is 6.39. The second kappa shape index (κ2) is 9.75. The summed E-state index contributed by atoms with van der Waals surface area (Å²) in [6, 6.07) is 6.93. The number of rotatable bonds is 4. The number of hydrogen-bond acceptors (Lipinski definition) is 4. The van der Waals surface area contributed by atoms with Crippen LogP contribution in [0, 0.1) is 5.92 Å². The predicted molar refractivity (Wildman–Crippen MR) is 130 cm³/mol. The molecule has 0 spiro atoms. The topological polar surface area (TPSA) is 53.1 Å². The van der Waals surface area contributed by atoms with E-state index in [1.54, 1.807) is 0 Å². The standard InChI is InChI=1S/C27H39N3O3/c1-3-4-26(31)30-24-6-5-20(27(32)28-12-7-19(2)8-13-28)17-22(24)23-18-29(14-9-25(23)30)21-10-15-33-16-11-21/h5-6,17,19,21,23,25H,3-4,7-16,18H2,1-2H3. The molecule has 0 aromatic heterocycles. The van der Waals surface area contributed by atoms with E-state index in [-0.39, 0.29) is 23.8 Å². The molecule has 0 radical (unpaired) electrons. The Morgan fingerprint density at radius 1 is 1.03 bits per heavy atom. The Kier molecular flexibility index (Phi) is 6.75. The number of hydrogen-bond donors (Lipinski definition) is 0. The maximum atomic E-state index is 13.3. The summed E-state index contributed by atoms with van der Waals surface area (Å²) < 4.78 is 5.59. The van der Waals surface area contributed by atoms with Gasteiger partial charge in [0.05, 0.1) is 0 Å². The Morgan fingerprint density at radius 3 is 2.52 bits per heavy atom. The quantitative estimate of drug-likeness (QED) is 0.690. The van der Waals surface area contributed by atoms with Crippen molar-refractivity contribution in [3.05, 3.63) is 29.3 Å². The van der Waals surface area contributed by atoms with Gasteiger partial charge < -0.3 is 14.5 Å². The van der Waals surface area contributed by atoms with Crippen molar-refractivity contribution in [2.75, 3.05) is 44.3 Å². The molecule has 4 aliphatic heterocycles. The molecule has 1 aromatic rings. The molecule has 3 saturated heterocycles. The molecule has 1 aromatic carbocycles. The first-order valence-electron chi connectivity index (χ1n) is 13.1. The van der Waals surface area contributed by atoms with Crippen molar-refractivity contribution in [1.29, 1.82) is 0 Å². The SMILES string of the molecule is CCCC(=O)N1c2ccc(C(=O)N3CCC(C)CC3)cc2C2CN(C3CCOCC3)CCC21. The lowest BCUT2D eigenvalue weighted by Crippen LogP contribution is -2.51. The zero-order valence-electron chi connectivity index (χ0n) is 20.3. The van der Waals surface area contributed by atoms with Crippen LogP contribution in [0.25, 0.3) is 0 Å². The lowest BCUT2D eigenvalue weighted by atomic mass is 9.86. The van der Waals surface area contributed by atoms with Crippen LogP contribution in [0.5, 0.6) is 0 Å². The fourth-order valence-corrected chi connectivity index (χ4v) is 6.39. The van der Waals surface area contributed by atoms with Gasteiger partial charge in [0.15, 0.2) is 0 Å². The van der Waals surface area contributed by atoms with Crippen molar-refractivity contribution < 1.29 is 14.3 Å². The lowest BCUT2D eigenvalue weighted by Gasteiger charge is -2.43. The zero-order valence-corrected chi connectivity index (χ0v) is 20.3. The van der Waals surface area contributed by atoms with Crippen molar-refractivity contribution in [2.24, 2.45) is 5.92 Å². The Hall–Kier alpha value is -1.92. The molecular formula is C27H39N3O3. The molecule has 4 heterocycles. The summed E-state index contributed by atoms with van der Waals surface area (Å²) in [5.41, 5.74) is 3.04. The lowest BCUT2D eigenvalue weighted by molar-refractivity contribution is -0.119. The van der Waals surface area contributed by atoms with Crippen molar-refractivity contribution in [2.45, 2.75) is 76.8 Å². The second-order valence-corrected chi connectivity index (χ2v) is 10.6. The Labute approximate surface area is 198 Å². The second-order valence-electron chi connectivity index (χ2n) is 10.6. The number of nitrogens with zero attached hydrogens (tertiary/aromatic N) is 3. The van der Waals surface area contributed by atoms with Crippen molar-refractivity contribution >= 4 is 17.5 Å². The normalized spacial score (nSPS) is 26.8. The van der Waals surface area contributed by atoms with Gasteiger partial charge in [0.1, 0.15) is 0 Å². The highest BCUT2D eigenvalue weighted by molar-refractivity contribution is 5.99. The first-order chi connectivity index (χ1) is 16.1. The molecule has 6 heteroatoms. The molecule has 0 aliphatic carbocycles. The molecule has 2 atom stereocenters. The maximum absolute atomic E-state index is 13.3. The minimum Gasteiger partial charge on any atom is -0.381 e. The minimum atomic E-state index is 0.150. The summed E-state index contributed by atoms with van der Waals surface area (Å²) in [6.45, 7) is 9.74. The highest BCUT2D eigenvalue weighted by Crippen LogP contribution is 2.46. The highest BCUT2D eigenvalue weighted by Gasteiger charge is 2.45. The van der Waals surface area contributed by atoms with E-state index in [0.29, 0.717) is 18.4 Å². The molecule has 0 saturated carbocycles. The van der Waals surface area contributed by atoms with E-state index in [1.807, 2.05) is 11.0 Å². The minimum absolute atomic E-state index is 0.150. The summed E-state index contributed by atoms with van der Waals surface area (Å²) in [5.74, 6) is 1.37. The monoisotopic (exact) mass is 453 g/mol.